The Labute approximate surface area is 150 Å². The summed E-state index contributed by atoms with van der Waals surface area (Å²) in [5, 5.41) is 3.00. The minimum atomic E-state index is -3.50. The lowest BCUT2D eigenvalue weighted by Gasteiger charge is -2.37. The largest absolute Gasteiger partial charge is 0.476 e. The normalized spacial score (nSPS) is 18.3. The van der Waals surface area contributed by atoms with Gasteiger partial charge in [0.05, 0.1) is 18.5 Å². The third kappa shape index (κ3) is 5.11. The Hall–Kier alpha value is -1.76. The van der Waals surface area contributed by atoms with Gasteiger partial charge < -0.3 is 10.1 Å². The highest BCUT2D eigenvalue weighted by Gasteiger charge is 2.37. The van der Waals surface area contributed by atoms with Crippen molar-refractivity contribution in [1.82, 2.24) is 5.32 Å². The van der Waals surface area contributed by atoms with Crippen molar-refractivity contribution < 1.29 is 17.9 Å². The number of nitrogens with one attached hydrogen (secondary N) is 1. The summed E-state index contributed by atoms with van der Waals surface area (Å²) in [5.41, 5.74) is 0.0873. The first-order chi connectivity index (χ1) is 11.3. The quantitative estimate of drug-likeness (QED) is 0.886. The summed E-state index contributed by atoms with van der Waals surface area (Å²) in [7, 11) is -3.50. The van der Waals surface area contributed by atoms with Crippen molar-refractivity contribution in [2.24, 2.45) is 5.41 Å². The van der Waals surface area contributed by atoms with E-state index in [1.807, 2.05) is 13.8 Å². The van der Waals surface area contributed by atoms with Gasteiger partial charge in [-0.25, -0.2) is 8.42 Å². The van der Waals surface area contributed by atoms with Crippen LogP contribution in [0.5, 0.6) is 5.75 Å². The van der Waals surface area contributed by atoms with Gasteiger partial charge in [0.15, 0.2) is 6.10 Å². The Bertz CT molecular complexity index is 751. The molecule has 0 saturated carbocycles. The second kappa shape index (κ2) is 6.52. The second-order valence-electron chi connectivity index (χ2n) is 8.48. The number of sulfonamides is 1. The first kappa shape index (κ1) is 19.6. The summed E-state index contributed by atoms with van der Waals surface area (Å²) < 4.78 is 31.3. The Kier molecular flexibility index (Phi) is 5.10. The van der Waals surface area contributed by atoms with E-state index in [1.165, 1.54) is 4.31 Å². The minimum Gasteiger partial charge on any atom is -0.476 e. The smallest absolute Gasteiger partial charge is 0.263 e. The van der Waals surface area contributed by atoms with Crippen LogP contribution in [0.4, 0.5) is 5.69 Å². The van der Waals surface area contributed by atoms with E-state index in [0.29, 0.717) is 11.4 Å². The predicted octanol–water partition coefficient (Wildman–Crippen LogP) is 2.54. The molecule has 7 heteroatoms. The van der Waals surface area contributed by atoms with Crippen molar-refractivity contribution in [3.8, 4) is 5.75 Å². The highest BCUT2D eigenvalue weighted by Crippen LogP contribution is 2.35. The van der Waals surface area contributed by atoms with Gasteiger partial charge in [-0.05, 0) is 37.8 Å². The third-order valence-corrected chi connectivity index (χ3v) is 5.01. The summed E-state index contributed by atoms with van der Waals surface area (Å²) in [6.45, 7) is 10.2. The molecule has 0 bridgehead atoms. The second-order valence-corrected chi connectivity index (χ2v) is 10.4. The highest BCUT2D eigenvalue weighted by molar-refractivity contribution is 7.92. The molecule has 140 valence electrons. The van der Waals surface area contributed by atoms with E-state index in [-0.39, 0.29) is 17.9 Å². The predicted molar refractivity (Wildman–Crippen MR) is 99.3 cm³/mol. The fourth-order valence-electron chi connectivity index (χ4n) is 3.44. The summed E-state index contributed by atoms with van der Waals surface area (Å²) in [6.07, 6.45) is 1.03. The molecule has 1 aliphatic rings. The Balaban J connectivity index is 2.22. The molecule has 0 saturated heterocycles. The van der Waals surface area contributed by atoms with Gasteiger partial charge in [0.1, 0.15) is 5.75 Å². The van der Waals surface area contributed by atoms with E-state index in [1.54, 1.807) is 24.3 Å². The van der Waals surface area contributed by atoms with Crippen LogP contribution in [-0.2, 0) is 14.8 Å². The molecule has 0 radical (unpaired) electrons. The van der Waals surface area contributed by atoms with Crippen LogP contribution in [0.25, 0.3) is 0 Å². The molecule has 1 atom stereocenters. The van der Waals surface area contributed by atoms with Crippen molar-refractivity contribution in [2.75, 3.05) is 17.1 Å². The van der Waals surface area contributed by atoms with Gasteiger partial charge in [-0.1, -0.05) is 32.9 Å². The minimum absolute atomic E-state index is 0.0344. The fraction of sp³-hybridized carbons (Fsp3) is 0.611. The van der Waals surface area contributed by atoms with E-state index >= 15 is 0 Å². The standard InChI is InChI=1S/C18H28N2O4S/c1-17(2,3)12-18(4,5)19-16(21)15-11-20(25(6,22)23)13-9-7-8-10-14(13)24-15/h7-10,15H,11-12H2,1-6H3,(H,19,21). The molecule has 1 aliphatic heterocycles. The number of ether oxygens (including phenoxy) is 1. The van der Waals surface area contributed by atoms with E-state index in [2.05, 4.69) is 26.1 Å². The van der Waals surface area contributed by atoms with Gasteiger partial charge >= 0.3 is 0 Å². The van der Waals surface area contributed by atoms with Crippen LogP contribution in [-0.4, -0.2) is 38.8 Å². The molecular formula is C18H28N2O4S. The summed E-state index contributed by atoms with van der Waals surface area (Å²) in [5.74, 6) is 0.0883. The van der Waals surface area contributed by atoms with Gasteiger partial charge in [0, 0.05) is 5.54 Å². The lowest BCUT2D eigenvalue weighted by atomic mass is 9.81. The molecule has 25 heavy (non-hydrogen) atoms. The van der Waals surface area contributed by atoms with Crippen LogP contribution in [0, 0.1) is 5.41 Å². The number of rotatable bonds is 4. The van der Waals surface area contributed by atoms with Crippen molar-refractivity contribution in [3.63, 3.8) is 0 Å². The molecule has 1 N–H and O–H groups in total. The van der Waals surface area contributed by atoms with Crippen molar-refractivity contribution in [3.05, 3.63) is 24.3 Å². The number of anilines is 1. The third-order valence-electron chi connectivity index (χ3n) is 3.86. The van der Waals surface area contributed by atoms with E-state index < -0.39 is 21.7 Å². The van der Waals surface area contributed by atoms with Gasteiger partial charge in [-0.3, -0.25) is 9.10 Å². The highest BCUT2D eigenvalue weighted by atomic mass is 32.2. The van der Waals surface area contributed by atoms with Crippen LogP contribution < -0.4 is 14.4 Å². The first-order valence-electron chi connectivity index (χ1n) is 8.34. The van der Waals surface area contributed by atoms with Gasteiger partial charge in [-0.15, -0.1) is 0 Å². The molecule has 0 aliphatic carbocycles. The molecule has 1 unspecified atom stereocenters. The molecule has 2 rings (SSSR count). The Morgan fingerprint density at radius 1 is 1.24 bits per heavy atom. The number of benzene rings is 1. The maximum atomic E-state index is 12.7. The van der Waals surface area contributed by atoms with Crippen molar-refractivity contribution >= 4 is 21.6 Å². The Morgan fingerprint density at radius 2 is 1.84 bits per heavy atom. The summed E-state index contributed by atoms with van der Waals surface area (Å²) in [4.78, 5) is 12.7. The first-order valence-corrected chi connectivity index (χ1v) is 10.2. The van der Waals surface area contributed by atoms with Crippen LogP contribution in [0.15, 0.2) is 24.3 Å². The molecule has 0 aromatic heterocycles. The van der Waals surface area contributed by atoms with Crippen LogP contribution >= 0.6 is 0 Å². The summed E-state index contributed by atoms with van der Waals surface area (Å²) in [6, 6.07) is 6.84. The number of carbonyl (C=O) groups is 1. The number of hydrogen-bond donors (Lipinski definition) is 1. The van der Waals surface area contributed by atoms with Crippen LogP contribution in [0.1, 0.15) is 41.0 Å². The van der Waals surface area contributed by atoms with Gasteiger partial charge in [0.2, 0.25) is 10.0 Å². The zero-order valence-corrected chi connectivity index (χ0v) is 16.6. The zero-order chi connectivity index (χ0) is 19.0. The maximum Gasteiger partial charge on any atom is 0.263 e. The molecular weight excluding hydrogens is 340 g/mol. The molecule has 0 spiro atoms. The molecule has 1 amide bonds. The maximum absolute atomic E-state index is 12.7. The van der Waals surface area contributed by atoms with Crippen molar-refractivity contribution in [2.45, 2.75) is 52.7 Å². The number of carbonyl (C=O) groups excluding carboxylic acids is 1. The zero-order valence-electron chi connectivity index (χ0n) is 15.8. The molecule has 1 aromatic rings. The topological polar surface area (TPSA) is 75.7 Å². The monoisotopic (exact) mass is 368 g/mol. The lowest BCUT2D eigenvalue weighted by Crippen LogP contribution is -2.55. The molecule has 6 nitrogen and oxygen atoms in total. The SMILES string of the molecule is CC(C)(C)CC(C)(C)NC(=O)C1CN(S(C)(=O)=O)c2ccccc2O1. The van der Waals surface area contributed by atoms with Crippen LogP contribution in [0.3, 0.4) is 0 Å². The number of para-hydroxylation sites is 2. The van der Waals surface area contributed by atoms with E-state index in [0.717, 1.165) is 12.7 Å². The van der Waals surface area contributed by atoms with Crippen LogP contribution in [0.2, 0.25) is 0 Å². The number of amides is 1. The molecule has 1 aromatic carbocycles. The average molecular weight is 368 g/mol. The summed E-state index contributed by atoms with van der Waals surface area (Å²) >= 11 is 0. The van der Waals surface area contributed by atoms with E-state index in [4.69, 9.17) is 4.74 Å². The van der Waals surface area contributed by atoms with Crippen molar-refractivity contribution in [1.29, 1.82) is 0 Å². The molecule has 0 fully saturated rings. The number of fused-ring (bicyclic) bond motifs is 1. The fourth-order valence-corrected chi connectivity index (χ4v) is 4.35. The number of nitrogens with zero attached hydrogens (tertiary/aromatic N) is 1. The van der Waals surface area contributed by atoms with Gasteiger partial charge in [0.25, 0.3) is 5.91 Å². The Morgan fingerprint density at radius 3 is 2.40 bits per heavy atom. The average Bonchev–Trinajstić information content (AvgIpc) is 2.41. The van der Waals surface area contributed by atoms with E-state index in [9.17, 15) is 13.2 Å². The lowest BCUT2D eigenvalue weighted by molar-refractivity contribution is -0.129. The van der Waals surface area contributed by atoms with Gasteiger partial charge in [-0.2, -0.15) is 0 Å². The number of hydrogen-bond acceptors (Lipinski definition) is 4. The molecule has 1 heterocycles.